The van der Waals surface area contributed by atoms with Crippen molar-refractivity contribution < 1.29 is 4.74 Å². The number of methoxy groups -OCH3 is 1. The van der Waals surface area contributed by atoms with E-state index in [0.29, 0.717) is 12.1 Å². The lowest BCUT2D eigenvalue weighted by Gasteiger charge is -2.36. The lowest BCUT2D eigenvalue weighted by Crippen LogP contribution is -2.45. The molecule has 20 heavy (non-hydrogen) atoms. The molecule has 0 aliphatic carbocycles. The molecule has 3 atom stereocenters. The quantitative estimate of drug-likeness (QED) is 0.916. The molecule has 1 aromatic rings. The number of benzene rings is 1. The lowest BCUT2D eigenvalue weighted by atomic mass is 9.98. The van der Waals surface area contributed by atoms with Gasteiger partial charge < -0.3 is 10.5 Å². The van der Waals surface area contributed by atoms with Crippen molar-refractivity contribution in [2.45, 2.75) is 57.7 Å². The molecule has 0 radical (unpaired) electrons. The minimum atomic E-state index is 0.0569. The van der Waals surface area contributed by atoms with Gasteiger partial charge in [-0.05, 0) is 50.9 Å². The fourth-order valence-electron chi connectivity index (χ4n) is 3.21. The van der Waals surface area contributed by atoms with Crippen LogP contribution in [-0.2, 0) is 0 Å². The Balaban J connectivity index is 2.07. The van der Waals surface area contributed by atoms with E-state index in [9.17, 15) is 0 Å². The maximum absolute atomic E-state index is 6.49. The van der Waals surface area contributed by atoms with Gasteiger partial charge in [-0.15, -0.1) is 0 Å². The van der Waals surface area contributed by atoms with Crippen LogP contribution in [0.2, 0.25) is 0 Å². The highest BCUT2D eigenvalue weighted by Gasteiger charge is 2.26. The van der Waals surface area contributed by atoms with Crippen molar-refractivity contribution in [2.24, 2.45) is 5.73 Å². The molecule has 0 amide bonds. The van der Waals surface area contributed by atoms with Gasteiger partial charge in [-0.1, -0.05) is 25.0 Å². The maximum Gasteiger partial charge on any atom is 0.118 e. The Labute approximate surface area is 123 Å². The van der Waals surface area contributed by atoms with Crippen molar-refractivity contribution in [3.63, 3.8) is 0 Å². The van der Waals surface area contributed by atoms with E-state index in [1.54, 1.807) is 7.11 Å². The van der Waals surface area contributed by atoms with Gasteiger partial charge in [0.25, 0.3) is 0 Å². The third-order valence-corrected chi connectivity index (χ3v) is 4.65. The predicted octanol–water partition coefficient (Wildman–Crippen LogP) is 3.35. The molecule has 1 saturated heterocycles. The average Bonchev–Trinajstić information content (AvgIpc) is 2.70. The molecule has 1 aliphatic heterocycles. The third-order valence-electron chi connectivity index (χ3n) is 4.65. The molecular weight excluding hydrogens is 248 g/mol. The summed E-state index contributed by atoms with van der Waals surface area (Å²) in [5.74, 6) is 0.886. The zero-order valence-corrected chi connectivity index (χ0v) is 13.0. The number of ether oxygens (including phenoxy) is 1. The number of rotatable bonds is 4. The van der Waals surface area contributed by atoms with Crippen LogP contribution < -0.4 is 10.5 Å². The highest BCUT2D eigenvalue weighted by molar-refractivity contribution is 5.29. The summed E-state index contributed by atoms with van der Waals surface area (Å²) in [5, 5.41) is 0. The van der Waals surface area contributed by atoms with Gasteiger partial charge >= 0.3 is 0 Å². The smallest absolute Gasteiger partial charge is 0.118 e. The van der Waals surface area contributed by atoms with Crippen LogP contribution in [0.1, 0.15) is 51.1 Å². The fourth-order valence-corrected chi connectivity index (χ4v) is 3.21. The highest BCUT2D eigenvalue weighted by Crippen LogP contribution is 2.26. The van der Waals surface area contributed by atoms with Gasteiger partial charge in [0, 0.05) is 18.1 Å². The van der Waals surface area contributed by atoms with E-state index in [2.05, 4.69) is 30.9 Å². The average molecular weight is 276 g/mol. The second-order valence-corrected chi connectivity index (χ2v) is 5.98. The fraction of sp³-hybridized carbons (Fsp3) is 0.647. The molecule has 3 heteroatoms. The summed E-state index contributed by atoms with van der Waals surface area (Å²) < 4.78 is 5.21. The van der Waals surface area contributed by atoms with Crippen LogP contribution >= 0.6 is 0 Å². The third kappa shape index (κ3) is 3.53. The van der Waals surface area contributed by atoms with E-state index in [0.717, 1.165) is 5.75 Å². The van der Waals surface area contributed by atoms with Crippen molar-refractivity contribution in [1.29, 1.82) is 0 Å². The number of hydrogen-bond donors (Lipinski definition) is 1. The Kier molecular flexibility index (Phi) is 5.44. The summed E-state index contributed by atoms with van der Waals surface area (Å²) in [6, 6.07) is 9.22. The van der Waals surface area contributed by atoms with Crippen LogP contribution in [0.25, 0.3) is 0 Å². The van der Waals surface area contributed by atoms with E-state index < -0.39 is 0 Å². The Morgan fingerprint density at radius 1 is 1.20 bits per heavy atom. The second kappa shape index (κ2) is 7.09. The van der Waals surface area contributed by atoms with E-state index in [-0.39, 0.29) is 6.04 Å². The van der Waals surface area contributed by atoms with E-state index in [1.807, 2.05) is 12.1 Å². The monoisotopic (exact) mass is 276 g/mol. The lowest BCUT2D eigenvalue weighted by molar-refractivity contribution is 0.137. The van der Waals surface area contributed by atoms with E-state index in [1.165, 1.54) is 37.8 Å². The maximum atomic E-state index is 6.49. The Hall–Kier alpha value is -1.06. The first-order valence-electron chi connectivity index (χ1n) is 7.78. The summed E-state index contributed by atoms with van der Waals surface area (Å²) in [7, 11) is 1.69. The molecule has 1 aliphatic rings. The van der Waals surface area contributed by atoms with Crippen molar-refractivity contribution in [3.8, 4) is 5.75 Å². The van der Waals surface area contributed by atoms with Crippen LogP contribution in [0.4, 0.5) is 0 Å². The molecule has 0 spiro atoms. The van der Waals surface area contributed by atoms with Crippen LogP contribution in [0.5, 0.6) is 5.75 Å². The number of hydrogen-bond acceptors (Lipinski definition) is 3. The van der Waals surface area contributed by atoms with E-state index >= 15 is 0 Å². The summed E-state index contributed by atoms with van der Waals surface area (Å²) in [6.07, 6.45) is 5.29. The van der Waals surface area contributed by atoms with Crippen molar-refractivity contribution in [2.75, 3.05) is 13.7 Å². The summed E-state index contributed by atoms with van der Waals surface area (Å²) >= 11 is 0. The zero-order chi connectivity index (χ0) is 14.5. The molecule has 1 aromatic carbocycles. The van der Waals surface area contributed by atoms with Gasteiger partial charge in [-0.25, -0.2) is 0 Å². The Morgan fingerprint density at radius 3 is 2.55 bits per heavy atom. The van der Waals surface area contributed by atoms with E-state index in [4.69, 9.17) is 10.5 Å². The molecule has 0 aromatic heterocycles. The van der Waals surface area contributed by atoms with Gasteiger partial charge in [0.1, 0.15) is 5.75 Å². The SMILES string of the molecule is COc1ccc(C(N)C(C)N2CCCCCC2C)cc1. The van der Waals surface area contributed by atoms with Crippen LogP contribution in [0, 0.1) is 0 Å². The van der Waals surface area contributed by atoms with Gasteiger partial charge in [0.05, 0.1) is 7.11 Å². The molecule has 3 unspecified atom stereocenters. The molecule has 112 valence electrons. The molecule has 1 heterocycles. The second-order valence-electron chi connectivity index (χ2n) is 5.98. The predicted molar refractivity (Wildman–Crippen MR) is 84.0 cm³/mol. The van der Waals surface area contributed by atoms with Gasteiger partial charge in [-0.2, -0.15) is 0 Å². The first-order valence-corrected chi connectivity index (χ1v) is 7.78. The number of likely N-dealkylation sites (tertiary alicyclic amines) is 1. The molecule has 2 rings (SSSR count). The first kappa shape index (κ1) is 15.3. The topological polar surface area (TPSA) is 38.5 Å². The molecule has 1 fully saturated rings. The standard InChI is InChI=1S/C17H28N2O/c1-13-7-5-4-6-12-19(13)14(2)17(18)15-8-10-16(20-3)11-9-15/h8-11,13-14,17H,4-7,12,18H2,1-3H3. The van der Waals surface area contributed by atoms with Crippen LogP contribution in [0.3, 0.4) is 0 Å². The number of nitrogens with zero attached hydrogens (tertiary/aromatic N) is 1. The van der Waals surface area contributed by atoms with Gasteiger partial charge in [0.15, 0.2) is 0 Å². The molecule has 0 bridgehead atoms. The Morgan fingerprint density at radius 2 is 1.90 bits per heavy atom. The van der Waals surface area contributed by atoms with Crippen molar-refractivity contribution >= 4 is 0 Å². The molecule has 0 saturated carbocycles. The van der Waals surface area contributed by atoms with Crippen LogP contribution in [0.15, 0.2) is 24.3 Å². The summed E-state index contributed by atoms with van der Waals surface area (Å²) in [5.41, 5.74) is 7.68. The minimum Gasteiger partial charge on any atom is -0.497 e. The van der Waals surface area contributed by atoms with Crippen molar-refractivity contribution in [3.05, 3.63) is 29.8 Å². The molecular formula is C17H28N2O. The largest absolute Gasteiger partial charge is 0.497 e. The first-order chi connectivity index (χ1) is 9.63. The van der Waals surface area contributed by atoms with Gasteiger partial charge in [-0.3, -0.25) is 4.90 Å². The Bertz CT molecular complexity index is 404. The zero-order valence-electron chi connectivity index (χ0n) is 13.0. The van der Waals surface area contributed by atoms with Crippen LogP contribution in [-0.4, -0.2) is 30.6 Å². The van der Waals surface area contributed by atoms with Crippen molar-refractivity contribution in [1.82, 2.24) is 4.90 Å². The normalized spacial score (nSPS) is 23.9. The summed E-state index contributed by atoms with van der Waals surface area (Å²) in [4.78, 5) is 2.59. The number of nitrogens with two attached hydrogens (primary N) is 1. The van der Waals surface area contributed by atoms with Gasteiger partial charge in [0.2, 0.25) is 0 Å². The summed E-state index contributed by atoms with van der Waals surface area (Å²) in [6.45, 7) is 5.77. The molecule has 3 nitrogen and oxygen atoms in total. The molecule has 2 N–H and O–H groups in total. The highest BCUT2D eigenvalue weighted by atomic mass is 16.5. The minimum absolute atomic E-state index is 0.0569.